The van der Waals surface area contributed by atoms with Crippen LogP contribution in [0.25, 0.3) is 0 Å². The standard InChI is InChI=1S/C18H21ClN2O3S/c1-12-7-5-6-8-15(12)13(2)20-18(22)14-9-10-16(19)17(11-14)25(23,24)21(3)4/h5-11,13H,1-4H3,(H,20,22). The number of rotatable bonds is 5. The number of aryl methyl sites for hydroxylation is 1. The predicted molar refractivity (Wildman–Crippen MR) is 99.4 cm³/mol. The van der Waals surface area contributed by atoms with E-state index in [-0.39, 0.29) is 27.4 Å². The zero-order valence-corrected chi connectivity index (χ0v) is 16.1. The predicted octanol–water partition coefficient (Wildman–Crippen LogP) is 3.39. The van der Waals surface area contributed by atoms with Gasteiger partial charge in [0.25, 0.3) is 5.91 Å². The van der Waals surface area contributed by atoms with E-state index in [4.69, 9.17) is 11.6 Å². The third kappa shape index (κ3) is 4.21. The molecule has 0 aliphatic carbocycles. The van der Waals surface area contributed by atoms with Gasteiger partial charge in [0.1, 0.15) is 4.90 Å². The van der Waals surface area contributed by atoms with E-state index in [1.165, 1.54) is 32.3 Å². The molecule has 0 radical (unpaired) electrons. The van der Waals surface area contributed by atoms with Crippen molar-refractivity contribution in [3.63, 3.8) is 0 Å². The number of sulfonamides is 1. The topological polar surface area (TPSA) is 66.5 Å². The third-order valence-corrected chi connectivity index (χ3v) is 6.25. The van der Waals surface area contributed by atoms with Crippen LogP contribution in [0.1, 0.15) is 34.5 Å². The van der Waals surface area contributed by atoms with Gasteiger partial charge in [0, 0.05) is 19.7 Å². The van der Waals surface area contributed by atoms with Gasteiger partial charge in [-0.15, -0.1) is 0 Å². The lowest BCUT2D eigenvalue weighted by molar-refractivity contribution is 0.0939. The summed E-state index contributed by atoms with van der Waals surface area (Å²) in [6, 6.07) is 11.8. The summed E-state index contributed by atoms with van der Waals surface area (Å²) in [5.74, 6) is -0.359. The van der Waals surface area contributed by atoms with Gasteiger partial charge in [-0.05, 0) is 43.2 Å². The van der Waals surface area contributed by atoms with Gasteiger partial charge >= 0.3 is 0 Å². The molecule has 0 saturated heterocycles. The maximum Gasteiger partial charge on any atom is 0.251 e. The summed E-state index contributed by atoms with van der Waals surface area (Å²) in [7, 11) is -0.899. The van der Waals surface area contributed by atoms with Gasteiger partial charge in [-0.2, -0.15) is 0 Å². The van der Waals surface area contributed by atoms with E-state index in [9.17, 15) is 13.2 Å². The summed E-state index contributed by atoms with van der Waals surface area (Å²) >= 11 is 6.01. The number of nitrogens with zero attached hydrogens (tertiary/aromatic N) is 1. The number of nitrogens with one attached hydrogen (secondary N) is 1. The van der Waals surface area contributed by atoms with Crippen LogP contribution in [0.5, 0.6) is 0 Å². The minimum absolute atomic E-state index is 0.0807. The Morgan fingerprint density at radius 2 is 1.80 bits per heavy atom. The fourth-order valence-electron chi connectivity index (χ4n) is 2.47. The molecule has 1 atom stereocenters. The Labute approximate surface area is 153 Å². The molecule has 2 aromatic rings. The van der Waals surface area contributed by atoms with Crippen LogP contribution in [-0.4, -0.2) is 32.7 Å². The second kappa shape index (κ2) is 7.56. The Kier molecular flexibility index (Phi) is 5.87. The summed E-state index contributed by atoms with van der Waals surface area (Å²) in [4.78, 5) is 12.4. The molecular weight excluding hydrogens is 360 g/mol. The number of carbonyl (C=O) groups excluding carboxylic acids is 1. The van der Waals surface area contributed by atoms with Crippen molar-refractivity contribution in [1.29, 1.82) is 0 Å². The third-order valence-electron chi connectivity index (χ3n) is 3.95. The van der Waals surface area contributed by atoms with E-state index in [0.29, 0.717) is 0 Å². The summed E-state index contributed by atoms with van der Waals surface area (Å²) in [5.41, 5.74) is 2.32. The zero-order chi connectivity index (χ0) is 18.8. The molecule has 2 aromatic carbocycles. The van der Waals surface area contributed by atoms with Gasteiger partial charge in [0.15, 0.2) is 0 Å². The normalized spacial score (nSPS) is 12.9. The molecule has 1 unspecified atom stereocenters. The van der Waals surface area contributed by atoms with Crippen molar-refractivity contribution in [1.82, 2.24) is 9.62 Å². The van der Waals surface area contributed by atoms with Crippen LogP contribution in [0.15, 0.2) is 47.4 Å². The largest absolute Gasteiger partial charge is 0.346 e. The van der Waals surface area contributed by atoms with Crippen molar-refractivity contribution in [3.05, 3.63) is 64.2 Å². The van der Waals surface area contributed by atoms with Crippen LogP contribution in [-0.2, 0) is 10.0 Å². The van der Waals surface area contributed by atoms with Crippen molar-refractivity contribution in [3.8, 4) is 0 Å². The summed E-state index contributed by atoms with van der Waals surface area (Å²) in [6.45, 7) is 3.86. The van der Waals surface area contributed by atoms with E-state index in [2.05, 4.69) is 5.32 Å². The highest BCUT2D eigenvalue weighted by molar-refractivity contribution is 7.89. The van der Waals surface area contributed by atoms with Gasteiger partial charge in [-0.1, -0.05) is 35.9 Å². The Morgan fingerprint density at radius 3 is 2.40 bits per heavy atom. The summed E-state index contributed by atoms with van der Waals surface area (Å²) < 4.78 is 25.7. The highest BCUT2D eigenvalue weighted by Gasteiger charge is 2.23. The lowest BCUT2D eigenvalue weighted by Gasteiger charge is -2.17. The molecule has 0 fully saturated rings. The number of hydrogen-bond donors (Lipinski definition) is 1. The summed E-state index contributed by atoms with van der Waals surface area (Å²) in [5, 5.41) is 2.97. The molecule has 0 aromatic heterocycles. The summed E-state index contributed by atoms with van der Waals surface area (Å²) in [6.07, 6.45) is 0. The van der Waals surface area contributed by atoms with Gasteiger partial charge < -0.3 is 5.32 Å². The van der Waals surface area contributed by atoms with Gasteiger partial charge in [0.2, 0.25) is 10.0 Å². The molecule has 0 spiro atoms. The first-order valence-corrected chi connectivity index (χ1v) is 9.55. The van der Waals surface area contributed by atoms with Crippen LogP contribution in [0.2, 0.25) is 5.02 Å². The van der Waals surface area contributed by atoms with Crippen LogP contribution in [0.3, 0.4) is 0 Å². The minimum atomic E-state index is -3.73. The van der Waals surface area contributed by atoms with Crippen molar-refractivity contribution >= 4 is 27.5 Å². The lowest BCUT2D eigenvalue weighted by Crippen LogP contribution is -2.28. The van der Waals surface area contributed by atoms with E-state index >= 15 is 0 Å². The lowest BCUT2D eigenvalue weighted by atomic mass is 10.0. The second-order valence-corrected chi connectivity index (χ2v) is 8.51. The first kappa shape index (κ1) is 19.4. The maximum absolute atomic E-state index is 12.5. The monoisotopic (exact) mass is 380 g/mol. The Morgan fingerprint density at radius 1 is 1.16 bits per heavy atom. The molecule has 1 amide bonds. The number of amides is 1. The first-order valence-electron chi connectivity index (χ1n) is 7.73. The molecule has 0 bridgehead atoms. The number of halogens is 1. The fourth-order valence-corrected chi connectivity index (χ4v) is 3.86. The molecule has 134 valence electrons. The minimum Gasteiger partial charge on any atom is -0.346 e. The highest BCUT2D eigenvalue weighted by atomic mass is 35.5. The number of carbonyl (C=O) groups is 1. The number of hydrogen-bond acceptors (Lipinski definition) is 3. The molecule has 7 heteroatoms. The van der Waals surface area contributed by atoms with Gasteiger partial charge in [-0.25, -0.2) is 12.7 Å². The van der Waals surface area contributed by atoms with Crippen LogP contribution in [0, 0.1) is 6.92 Å². The zero-order valence-electron chi connectivity index (χ0n) is 14.6. The Bertz CT molecular complexity index is 895. The van der Waals surface area contributed by atoms with Crippen molar-refractivity contribution in [2.24, 2.45) is 0 Å². The van der Waals surface area contributed by atoms with Crippen LogP contribution >= 0.6 is 11.6 Å². The van der Waals surface area contributed by atoms with Gasteiger partial charge in [-0.3, -0.25) is 4.79 Å². The molecular formula is C18H21ClN2O3S. The molecule has 25 heavy (non-hydrogen) atoms. The Balaban J connectivity index is 2.30. The van der Waals surface area contributed by atoms with Gasteiger partial charge in [0.05, 0.1) is 11.1 Å². The Hall–Kier alpha value is -1.89. The van der Waals surface area contributed by atoms with Crippen molar-refractivity contribution in [2.75, 3.05) is 14.1 Å². The van der Waals surface area contributed by atoms with Crippen molar-refractivity contribution in [2.45, 2.75) is 24.8 Å². The fraction of sp³-hybridized carbons (Fsp3) is 0.278. The molecule has 0 aliphatic heterocycles. The van der Waals surface area contributed by atoms with Crippen LogP contribution < -0.4 is 5.32 Å². The molecule has 1 N–H and O–H groups in total. The van der Waals surface area contributed by atoms with E-state index in [0.717, 1.165) is 15.4 Å². The maximum atomic E-state index is 12.5. The van der Waals surface area contributed by atoms with Crippen LogP contribution in [0.4, 0.5) is 0 Å². The average molecular weight is 381 g/mol. The van der Waals surface area contributed by atoms with E-state index in [1.54, 1.807) is 0 Å². The smallest absolute Gasteiger partial charge is 0.251 e. The van der Waals surface area contributed by atoms with Crippen molar-refractivity contribution < 1.29 is 13.2 Å². The van der Waals surface area contributed by atoms with E-state index in [1.807, 2.05) is 38.1 Å². The quantitative estimate of drug-likeness (QED) is 0.864. The molecule has 0 heterocycles. The average Bonchev–Trinajstić information content (AvgIpc) is 2.55. The highest BCUT2D eigenvalue weighted by Crippen LogP contribution is 2.25. The molecule has 5 nitrogen and oxygen atoms in total. The number of benzene rings is 2. The van der Waals surface area contributed by atoms with E-state index < -0.39 is 10.0 Å². The molecule has 2 rings (SSSR count). The SMILES string of the molecule is Cc1ccccc1C(C)NC(=O)c1ccc(Cl)c(S(=O)(=O)N(C)C)c1. The molecule has 0 saturated carbocycles. The molecule has 0 aliphatic rings. The first-order chi connectivity index (χ1) is 11.6. The second-order valence-electron chi connectivity index (χ2n) is 5.98.